The fraction of sp³-hybridized carbons (Fsp3) is 0.333. The number of halogens is 1. The molecule has 1 amide bonds. The molecule has 3 aromatic rings. The fourth-order valence-corrected chi connectivity index (χ4v) is 5.95. The molecule has 1 fully saturated rings. The molecule has 1 aromatic heterocycles. The summed E-state index contributed by atoms with van der Waals surface area (Å²) in [5, 5.41) is 1.58. The highest BCUT2D eigenvalue weighted by Gasteiger charge is 2.27. The molecule has 0 bridgehead atoms. The van der Waals surface area contributed by atoms with Gasteiger partial charge in [-0.15, -0.1) is 0 Å². The topological polar surface area (TPSA) is 79.8 Å². The minimum atomic E-state index is -3.71. The standard InChI is InChI=1S/C21H22ClN3O4S2/c1-14-17(22)7-8-18-20(14)23-21(30-18)25-11-9-24(10-12-25)19(26)13-31(27,28)16-5-3-15(29-2)4-6-16/h3-8H,9-13H2,1-2H3. The first-order valence-electron chi connectivity index (χ1n) is 9.73. The van der Waals surface area contributed by atoms with E-state index >= 15 is 0 Å². The van der Waals surface area contributed by atoms with E-state index in [0.29, 0.717) is 37.0 Å². The van der Waals surface area contributed by atoms with Gasteiger partial charge in [0, 0.05) is 31.2 Å². The lowest BCUT2D eigenvalue weighted by atomic mass is 10.2. The van der Waals surface area contributed by atoms with Gasteiger partial charge in [-0.1, -0.05) is 22.9 Å². The first kappa shape index (κ1) is 21.9. The lowest BCUT2D eigenvalue weighted by Crippen LogP contribution is -2.50. The number of carbonyl (C=O) groups excluding carboxylic acids is 1. The maximum Gasteiger partial charge on any atom is 0.238 e. The lowest BCUT2D eigenvalue weighted by molar-refractivity contribution is -0.128. The van der Waals surface area contributed by atoms with Crippen molar-refractivity contribution >= 4 is 54.0 Å². The summed E-state index contributed by atoms with van der Waals surface area (Å²) in [6.45, 7) is 4.05. The lowest BCUT2D eigenvalue weighted by Gasteiger charge is -2.34. The Morgan fingerprint density at radius 2 is 1.81 bits per heavy atom. The first-order chi connectivity index (χ1) is 14.8. The molecule has 10 heteroatoms. The first-order valence-corrected chi connectivity index (χ1v) is 12.6. The summed E-state index contributed by atoms with van der Waals surface area (Å²) in [5.41, 5.74) is 1.86. The number of nitrogens with zero attached hydrogens (tertiary/aromatic N) is 3. The van der Waals surface area contributed by atoms with Crippen LogP contribution in [0.2, 0.25) is 5.02 Å². The third kappa shape index (κ3) is 4.49. The highest BCUT2D eigenvalue weighted by Crippen LogP contribution is 2.33. The molecule has 0 aliphatic carbocycles. The smallest absolute Gasteiger partial charge is 0.238 e. The molecule has 2 aromatic carbocycles. The van der Waals surface area contributed by atoms with Crippen LogP contribution in [0.25, 0.3) is 10.2 Å². The number of anilines is 1. The van der Waals surface area contributed by atoms with E-state index in [0.717, 1.165) is 20.9 Å². The summed E-state index contributed by atoms with van der Waals surface area (Å²) in [6.07, 6.45) is 0. The van der Waals surface area contributed by atoms with E-state index in [4.69, 9.17) is 21.3 Å². The molecule has 1 aliphatic rings. The van der Waals surface area contributed by atoms with E-state index < -0.39 is 15.6 Å². The zero-order chi connectivity index (χ0) is 22.2. The molecule has 0 unspecified atom stereocenters. The quantitative estimate of drug-likeness (QED) is 0.558. The number of rotatable bonds is 5. The van der Waals surface area contributed by atoms with Crippen molar-refractivity contribution in [1.82, 2.24) is 9.88 Å². The number of carbonyl (C=O) groups is 1. The van der Waals surface area contributed by atoms with E-state index in [9.17, 15) is 13.2 Å². The summed E-state index contributed by atoms with van der Waals surface area (Å²) in [7, 11) is -2.20. The molecule has 7 nitrogen and oxygen atoms in total. The number of thiazole rings is 1. The zero-order valence-corrected chi connectivity index (χ0v) is 19.6. The third-order valence-electron chi connectivity index (χ3n) is 5.37. The Hall–Kier alpha value is -2.36. The molecular formula is C21H22ClN3O4S2. The van der Waals surface area contributed by atoms with Crippen molar-refractivity contribution in [3.05, 3.63) is 47.0 Å². The number of hydrogen-bond acceptors (Lipinski definition) is 7. The average Bonchev–Trinajstić information content (AvgIpc) is 3.21. The van der Waals surface area contributed by atoms with Crippen molar-refractivity contribution in [2.75, 3.05) is 43.9 Å². The Labute approximate surface area is 190 Å². The Balaban J connectivity index is 1.40. The largest absolute Gasteiger partial charge is 0.497 e. The van der Waals surface area contributed by atoms with Crippen molar-refractivity contribution in [3.63, 3.8) is 0 Å². The number of hydrogen-bond donors (Lipinski definition) is 0. The molecule has 164 valence electrons. The SMILES string of the molecule is COc1ccc(S(=O)(=O)CC(=O)N2CCN(c3nc4c(C)c(Cl)ccc4s3)CC2)cc1. The predicted octanol–water partition coefficient (Wildman–Crippen LogP) is 3.39. The Bertz CT molecular complexity index is 1220. The molecule has 2 heterocycles. The van der Waals surface area contributed by atoms with Crippen molar-refractivity contribution in [2.45, 2.75) is 11.8 Å². The number of piperazine rings is 1. The molecule has 0 atom stereocenters. The van der Waals surface area contributed by atoms with E-state index in [1.807, 2.05) is 19.1 Å². The van der Waals surface area contributed by atoms with E-state index in [-0.39, 0.29) is 10.8 Å². The number of ether oxygens (including phenoxy) is 1. The molecule has 0 saturated carbocycles. The summed E-state index contributed by atoms with van der Waals surface area (Å²) in [6, 6.07) is 9.91. The number of sulfone groups is 1. The van der Waals surface area contributed by atoms with Gasteiger partial charge in [0.1, 0.15) is 11.5 Å². The van der Waals surface area contributed by atoms with Crippen molar-refractivity contribution in [3.8, 4) is 5.75 Å². The monoisotopic (exact) mass is 479 g/mol. The summed E-state index contributed by atoms with van der Waals surface area (Å²) in [5.74, 6) is -0.367. The third-order valence-corrected chi connectivity index (χ3v) is 8.48. The predicted molar refractivity (Wildman–Crippen MR) is 123 cm³/mol. The van der Waals surface area contributed by atoms with E-state index in [1.54, 1.807) is 28.4 Å². The number of fused-ring (bicyclic) bond motifs is 1. The van der Waals surface area contributed by atoms with Gasteiger partial charge in [-0.05, 0) is 48.9 Å². The number of aryl methyl sites for hydroxylation is 1. The molecular weight excluding hydrogens is 458 g/mol. The number of methoxy groups -OCH3 is 1. The van der Waals surface area contributed by atoms with Gasteiger partial charge in [-0.3, -0.25) is 4.79 Å². The molecule has 0 radical (unpaired) electrons. The van der Waals surface area contributed by atoms with Gasteiger partial charge in [0.2, 0.25) is 5.91 Å². The minimum Gasteiger partial charge on any atom is -0.497 e. The van der Waals surface area contributed by atoms with Gasteiger partial charge >= 0.3 is 0 Å². The van der Waals surface area contributed by atoms with Crippen LogP contribution in [0.3, 0.4) is 0 Å². The van der Waals surface area contributed by atoms with Crippen LogP contribution in [-0.4, -0.2) is 63.3 Å². The van der Waals surface area contributed by atoms with Crippen LogP contribution in [0.1, 0.15) is 5.56 Å². The zero-order valence-electron chi connectivity index (χ0n) is 17.2. The van der Waals surface area contributed by atoms with Crippen molar-refractivity contribution in [1.29, 1.82) is 0 Å². The summed E-state index contributed by atoms with van der Waals surface area (Å²) in [4.78, 5) is 21.2. The van der Waals surface area contributed by atoms with Crippen molar-refractivity contribution in [2.24, 2.45) is 0 Å². The van der Waals surface area contributed by atoms with Crippen LogP contribution in [-0.2, 0) is 14.6 Å². The molecule has 31 heavy (non-hydrogen) atoms. The molecule has 1 aliphatic heterocycles. The second-order valence-corrected chi connectivity index (χ2v) is 10.7. The van der Waals surface area contributed by atoms with Crippen LogP contribution < -0.4 is 9.64 Å². The normalized spacial score (nSPS) is 14.8. The maximum absolute atomic E-state index is 12.7. The van der Waals surface area contributed by atoms with Gasteiger partial charge in [0.25, 0.3) is 0 Å². The van der Waals surface area contributed by atoms with Gasteiger partial charge < -0.3 is 14.5 Å². The Morgan fingerprint density at radius 3 is 2.45 bits per heavy atom. The highest BCUT2D eigenvalue weighted by molar-refractivity contribution is 7.92. The summed E-state index contributed by atoms with van der Waals surface area (Å²) >= 11 is 7.79. The van der Waals surface area contributed by atoms with Gasteiger partial charge in [0.15, 0.2) is 15.0 Å². The highest BCUT2D eigenvalue weighted by atomic mass is 35.5. The Morgan fingerprint density at radius 1 is 1.13 bits per heavy atom. The van der Waals surface area contributed by atoms with Crippen LogP contribution in [0.4, 0.5) is 5.13 Å². The minimum absolute atomic E-state index is 0.115. The average molecular weight is 480 g/mol. The van der Waals surface area contributed by atoms with Crippen molar-refractivity contribution < 1.29 is 17.9 Å². The second kappa shape index (κ2) is 8.64. The number of amides is 1. The molecule has 0 N–H and O–H groups in total. The van der Waals surface area contributed by atoms with Crippen LogP contribution in [0.5, 0.6) is 5.75 Å². The molecule has 0 spiro atoms. The Kier molecular flexibility index (Phi) is 6.09. The van der Waals surface area contributed by atoms with Crippen LogP contribution >= 0.6 is 22.9 Å². The number of aromatic nitrogens is 1. The van der Waals surface area contributed by atoms with E-state index in [2.05, 4.69) is 4.90 Å². The molecule has 4 rings (SSSR count). The summed E-state index contributed by atoms with van der Waals surface area (Å²) < 4.78 is 31.3. The van der Waals surface area contributed by atoms with E-state index in [1.165, 1.54) is 19.2 Å². The number of benzene rings is 2. The van der Waals surface area contributed by atoms with Crippen LogP contribution in [0.15, 0.2) is 41.3 Å². The second-order valence-electron chi connectivity index (χ2n) is 7.32. The fourth-order valence-electron chi connectivity index (χ4n) is 3.49. The van der Waals surface area contributed by atoms with Gasteiger partial charge in [0.05, 0.1) is 22.2 Å². The van der Waals surface area contributed by atoms with Gasteiger partial charge in [-0.2, -0.15) is 0 Å². The van der Waals surface area contributed by atoms with Gasteiger partial charge in [-0.25, -0.2) is 13.4 Å². The maximum atomic E-state index is 12.7. The molecule has 1 saturated heterocycles. The van der Waals surface area contributed by atoms with Crippen LogP contribution in [0, 0.1) is 6.92 Å².